The first kappa shape index (κ1) is 16.3. The normalized spacial score (nSPS) is 20.9. The number of rotatable bonds is 7. The molecule has 0 aromatic heterocycles. The Morgan fingerprint density at radius 3 is 2.40 bits per heavy atom. The highest BCUT2D eigenvalue weighted by Gasteiger charge is 2.43. The van der Waals surface area contributed by atoms with Gasteiger partial charge in [0.15, 0.2) is 0 Å². The zero-order valence-electron chi connectivity index (χ0n) is 10.4. The van der Waals surface area contributed by atoms with Gasteiger partial charge in [-0.25, -0.2) is 4.79 Å². The second-order valence-electron chi connectivity index (χ2n) is 4.49. The summed E-state index contributed by atoms with van der Waals surface area (Å²) in [6, 6.07) is -1.34. The van der Waals surface area contributed by atoms with Gasteiger partial charge in [-0.05, 0) is 12.8 Å². The highest BCUT2D eigenvalue weighted by molar-refractivity contribution is 7.87. The van der Waals surface area contributed by atoms with Gasteiger partial charge in [0.05, 0.1) is 0 Å². The van der Waals surface area contributed by atoms with Gasteiger partial charge >= 0.3 is 22.2 Å². The third-order valence-corrected chi connectivity index (χ3v) is 4.16. The van der Waals surface area contributed by atoms with Crippen molar-refractivity contribution in [3.8, 4) is 0 Å². The van der Waals surface area contributed by atoms with Crippen LogP contribution in [-0.4, -0.2) is 59.2 Å². The van der Waals surface area contributed by atoms with Crippen LogP contribution in [0.25, 0.3) is 0 Å². The van der Waals surface area contributed by atoms with Crippen LogP contribution in [0.2, 0.25) is 0 Å². The molecular weight excluding hydrogens is 297 g/mol. The molecule has 1 aliphatic heterocycles. The average Bonchev–Trinajstić information content (AvgIpc) is 2.65. The molecule has 10 heteroatoms. The Kier molecular flexibility index (Phi) is 5.03. The molecule has 0 bridgehead atoms. The molecule has 0 aromatic rings. The minimum absolute atomic E-state index is 0.0170. The Bertz CT molecular complexity index is 518. The molecule has 114 valence electrons. The molecule has 20 heavy (non-hydrogen) atoms. The summed E-state index contributed by atoms with van der Waals surface area (Å²) in [4.78, 5) is 33.8. The van der Waals surface area contributed by atoms with Gasteiger partial charge in [-0.2, -0.15) is 8.42 Å². The predicted molar refractivity (Wildman–Crippen MR) is 63.1 cm³/mol. The monoisotopic (exact) mass is 311 g/mol. The van der Waals surface area contributed by atoms with E-state index in [-0.39, 0.29) is 19.3 Å². The fourth-order valence-corrected chi connectivity index (χ4v) is 2.73. The number of carbonyl (C=O) groups excluding carboxylic acids is 1. The summed E-state index contributed by atoms with van der Waals surface area (Å²) in [5.41, 5.74) is 0. The molecule has 1 amide bonds. The number of carboxylic acid groups (broad SMARTS) is 2. The molecule has 1 unspecified atom stereocenters. The predicted octanol–water partition coefficient (Wildman–Crippen LogP) is -0.405. The summed E-state index contributed by atoms with van der Waals surface area (Å²) in [6.45, 7) is -0.526. The Morgan fingerprint density at radius 2 is 2.00 bits per heavy atom. The number of hydrogen-bond acceptors (Lipinski definition) is 5. The van der Waals surface area contributed by atoms with Crippen molar-refractivity contribution in [3.05, 3.63) is 0 Å². The number of nitrogens with zero attached hydrogens (tertiary/aromatic N) is 1. The van der Waals surface area contributed by atoms with Gasteiger partial charge < -0.3 is 15.1 Å². The topological polar surface area (TPSA) is 129 Å². The van der Waals surface area contributed by atoms with Crippen molar-refractivity contribution >= 4 is 28.1 Å². The maximum Gasteiger partial charge on any atom is 0.326 e. The van der Waals surface area contributed by atoms with Crippen LogP contribution in [0.15, 0.2) is 0 Å². The van der Waals surface area contributed by atoms with Crippen LogP contribution in [-0.2, 0) is 24.6 Å². The van der Waals surface area contributed by atoms with E-state index in [0.29, 0.717) is 0 Å². The number of halogens is 1. The van der Waals surface area contributed by atoms with Crippen molar-refractivity contribution in [1.82, 2.24) is 4.90 Å². The minimum atomic E-state index is -4.91. The molecule has 0 aliphatic carbocycles. The van der Waals surface area contributed by atoms with E-state index >= 15 is 0 Å². The lowest BCUT2D eigenvalue weighted by Crippen LogP contribution is -2.42. The Hall–Kier alpha value is -1.71. The fraction of sp³-hybridized carbons (Fsp3) is 0.700. The van der Waals surface area contributed by atoms with Crippen LogP contribution >= 0.6 is 0 Å². The summed E-state index contributed by atoms with van der Waals surface area (Å²) in [6.07, 6.45) is -0.978. The molecular formula is C10H14FNO7S. The van der Waals surface area contributed by atoms with E-state index in [1.165, 1.54) is 0 Å². The lowest BCUT2D eigenvalue weighted by molar-refractivity contribution is -0.149. The van der Waals surface area contributed by atoms with Crippen LogP contribution in [0.5, 0.6) is 0 Å². The lowest BCUT2D eigenvalue weighted by atomic mass is 10.1. The standard InChI is InChI=1S/C10H14FNO7S/c11-20(18,19)6-4-8(13)12(5-6)7(10(16)17)2-1-3-9(14)15/h6-7H,1-5H2,(H,14,15)(H,16,17)/t6?,7-/m1/s1. The van der Waals surface area contributed by atoms with E-state index in [4.69, 9.17) is 10.2 Å². The maximum atomic E-state index is 12.8. The minimum Gasteiger partial charge on any atom is -0.481 e. The highest BCUT2D eigenvalue weighted by atomic mass is 32.3. The van der Waals surface area contributed by atoms with Gasteiger partial charge in [0.1, 0.15) is 11.3 Å². The zero-order valence-corrected chi connectivity index (χ0v) is 11.2. The molecule has 1 saturated heterocycles. The number of hydrogen-bond donors (Lipinski definition) is 2. The third kappa shape index (κ3) is 4.15. The smallest absolute Gasteiger partial charge is 0.326 e. The lowest BCUT2D eigenvalue weighted by Gasteiger charge is -2.24. The first-order chi connectivity index (χ1) is 9.12. The third-order valence-electron chi connectivity index (χ3n) is 3.05. The van der Waals surface area contributed by atoms with Crippen LogP contribution < -0.4 is 0 Å². The molecule has 1 rings (SSSR count). The Balaban J connectivity index is 2.75. The SMILES string of the molecule is O=C(O)CCC[C@H](C(=O)O)N1CC(S(=O)(=O)F)CC1=O. The number of likely N-dealkylation sites (tertiary alicyclic amines) is 1. The quantitative estimate of drug-likeness (QED) is 0.612. The van der Waals surface area contributed by atoms with E-state index < -0.39 is 52.3 Å². The number of carbonyl (C=O) groups is 3. The number of carboxylic acids is 2. The molecule has 1 aliphatic rings. The van der Waals surface area contributed by atoms with Crippen molar-refractivity contribution in [2.45, 2.75) is 37.0 Å². The van der Waals surface area contributed by atoms with E-state index in [1.54, 1.807) is 0 Å². The van der Waals surface area contributed by atoms with Gasteiger partial charge in [-0.15, -0.1) is 3.89 Å². The van der Waals surface area contributed by atoms with Crippen LogP contribution in [0.4, 0.5) is 3.89 Å². The molecule has 2 N–H and O–H groups in total. The molecule has 0 saturated carbocycles. The molecule has 8 nitrogen and oxygen atoms in total. The summed E-state index contributed by atoms with van der Waals surface area (Å²) in [7, 11) is -4.91. The Morgan fingerprint density at radius 1 is 1.40 bits per heavy atom. The van der Waals surface area contributed by atoms with Gasteiger partial charge in [0.25, 0.3) is 0 Å². The average molecular weight is 311 g/mol. The highest BCUT2D eigenvalue weighted by Crippen LogP contribution is 2.23. The second-order valence-corrected chi connectivity index (χ2v) is 6.11. The molecule has 1 fully saturated rings. The summed E-state index contributed by atoms with van der Waals surface area (Å²) in [5.74, 6) is -3.24. The van der Waals surface area contributed by atoms with Crippen LogP contribution in [0.1, 0.15) is 25.7 Å². The van der Waals surface area contributed by atoms with Gasteiger partial charge in [-0.3, -0.25) is 9.59 Å². The molecule has 0 spiro atoms. The van der Waals surface area contributed by atoms with E-state index in [9.17, 15) is 26.7 Å². The van der Waals surface area contributed by atoms with E-state index in [1.807, 2.05) is 0 Å². The van der Waals surface area contributed by atoms with Gasteiger partial charge in [-0.1, -0.05) is 0 Å². The summed E-state index contributed by atoms with van der Waals surface area (Å²) in [5, 5.41) is 15.9. The molecule has 0 radical (unpaired) electrons. The molecule has 2 atom stereocenters. The number of amides is 1. The first-order valence-corrected chi connectivity index (χ1v) is 7.25. The van der Waals surface area contributed by atoms with Crippen molar-refractivity contribution < 1.29 is 36.9 Å². The van der Waals surface area contributed by atoms with Crippen molar-refractivity contribution in [2.75, 3.05) is 6.54 Å². The summed E-state index contributed by atoms with van der Waals surface area (Å²) >= 11 is 0. The Labute approximate surface area is 114 Å². The van der Waals surface area contributed by atoms with E-state index in [2.05, 4.69) is 0 Å². The van der Waals surface area contributed by atoms with Crippen molar-refractivity contribution in [1.29, 1.82) is 0 Å². The second kappa shape index (κ2) is 6.16. The number of aliphatic carboxylic acids is 2. The van der Waals surface area contributed by atoms with Gasteiger partial charge in [0, 0.05) is 19.4 Å². The zero-order chi connectivity index (χ0) is 15.5. The first-order valence-electron chi connectivity index (χ1n) is 5.80. The van der Waals surface area contributed by atoms with Crippen LogP contribution in [0, 0.1) is 0 Å². The fourth-order valence-electron chi connectivity index (χ4n) is 2.05. The molecule has 0 aromatic carbocycles. The van der Waals surface area contributed by atoms with Gasteiger partial charge in [0.2, 0.25) is 5.91 Å². The molecule has 1 heterocycles. The van der Waals surface area contributed by atoms with Crippen molar-refractivity contribution in [3.63, 3.8) is 0 Å². The van der Waals surface area contributed by atoms with Crippen molar-refractivity contribution in [2.24, 2.45) is 0 Å². The maximum absolute atomic E-state index is 12.8. The van der Waals surface area contributed by atoms with Crippen LogP contribution in [0.3, 0.4) is 0 Å². The van der Waals surface area contributed by atoms with E-state index in [0.717, 1.165) is 4.90 Å². The largest absolute Gasteiger partial charge is 0.481 e. The summed E-state index contributed by atoms with van der Waals surface area (Å²) < 4.78 is 34.3.